The molecule has 0 aromatic heterocycles. The number of hydrogen-bond acceptors (Lipinski definition) is 4. The van der Waals surface area contributed by atoms with Crippen LogP contribution in [0.15, 0.2) is 36.4 Å². The lowest BCUT2D eigenvalue weighted by atomic mass is 10.1. The number of esters is 1. The van der Waals surface area contributed by atoms with Crippen molar-refractivity contribution in [2.45, 2.75) is 13.8 Å². The van der Waals surface area contributed by atoms with Crippen LogP contribution in [0, 0.1) is 0 Å². The van der Waals surface area contributed by atoms with E-state index in [1.807, 2.05) is 0 Å². The van der Waals surface area contributed by atoms with Gasteiger partial charge in [-0.2, -0.15) is 0 Å². The fraction of sp³-hybridized carbons (Fsp3) is 0.214. The van der Waals surface area contributed by atoms with Crippen LogP contribution in [0.1, 0.15) is 19.4 Å². The fourth-order valence-corrected chi connectivity index (χ4v) is 1.62. The third-order valence-corrected chi connectivity index (χ3v) is 2.40. The minimum absolute atomic E-state index is 0.201. The predicted octanol–water partition coefficient (Wildman–Crippen LogP) is 1.60. The van der Waals surface area contributed by atoms with Gasteiger partial charge in [-0.25, -0.2) is 4.79 Å². The van der Waals surface area contributed by atoms with Gasteiger partial charge < -0.3 is 4.74 Å². The highest BCUT2D eigenvalue weighted by atomic mass is 16.5. The number of ether oxygens (including phenoxy) is 1. The summed E-state index contributed by atoms with van der Waals surface area (Å²) in [4.78, 5) is 35.5. The van der Waals surface area contributed by atoms with Crippen molar-refractivity contribution >= 4 is 23.5 Å². The predicted molar refractivity (Wildman–Crippen MR) is 69.6 cm³/mol. The fourth-order valence-electron chi connectivity index (χ4n) is 1.62. The van der Waals surface area contributed by atoms with Crippen LogP contribution in [-0.4, -0.2) is 29.8 Å². The lowest BCUT2D eigenvalue weighted by Crippen LogP contribution is -2.32. The average molecular weight is 261 g/mol. The van der Waals surface area contributed by atoms with Gasteiger partial charge >= 0.3 is 5.97 Å². The van der Waals surface area contributed by atoms with Crippen LogP contribution < -0.4 is 0 Å². The Hall–Kier alpha value is -2.43. The summed E-state index contributed by atoms with van der Waals surface area (Å²) >= 11 is 0. The number of nitrogens with zero attached hydrogens (tertiary/aromatic N) is 1. The van der Waals surface area contributed by atoms with E-state index in [0.29, 0.717) is 5.56 Å². The molecular weight excluding hydrogens is 246 g/mol. The van der Waals surface area contributed by atoms with E-state index in [9.17, 15) is 14.4 Å². The van der Waals surface area contributed by atoms with E-state index in [2.05, 4.69) is 4.74 Å². The molecule has 0 radical (unpaired) electrons. The Balaban J connectivity index is 3.35. The van der Waals surface area contributed by atoms with Crippen molar-refractivity contribution < 1.29 is 19.1 Å². The molecule has 19 heavy (non-hydrogen) atoms. The van der Waals surface area contributed by atoms with Crippen molar-refractivity contribution in [2.24, 2.45) is 0 Å². The second-order valence-electron chi connectivity index (χ2n) is 3.79. The molecule has 5 heteroatoms. The molecule has 0 aliphatic carbocycles. The largest absolute Gasteiger partial charge is 0.466 e. The number of imide groups is 1. The summed E-state index contributed by atoms with van der Waals surface area (Å²) in [6.45, 7) is 2.52. The van der Waals surface area contributed by atoms with E-state index in [1.54, 1.807) is 30.3 Å². The standard InChI is InChI=1S/C14H15NO4/c1-10(16)15(11(2)17)13(9-14(18)19-3)12-7-5-4-6-8-12/h4-9H,1-3H3/b13-9-. The van der Waals surface area contributed by atoms with Gasteiger partial charge in [-0.1, -0.05) is 30.3 Å². The number of methoxy groups -OCH3 is 1. The number of carbonyl (C=O) groups excluding carboxylic acids is 3. The maximum Gasteiger partial charge on any atom is 0.332 e. The first-order chi connectivity index (χ1) is 8.97. The molecule has 5 nitrogen and oxygen atoms in total. The molecule has 0 saturated heterocycles. The topological polar surface area (TPSA) is 63.7 Å². The number of carbonyl (C=O) groups is 3. The van der Waals surface area contributed by atoms with Crippen LogP contribution in [0.2, 0.25) is 0 Å². The molecule has 0 heterocycles. The first kappa shape index (κ1) is 14.6. The highest BCUT2D eigenvalue weighted by Crippen LogP contribution is 2.19. The van der Waals surface area contributed by atoms with Crippen molar-refractivity contribution in [3.05, 3.63) is 42.0 Å². The molecule has 100 valence electrons. The van der Waals surface area contributed by atoms with E-state index in [0.717, 1.165) is 11.0 Å². The quantitative estimate of drug-likeness (QED) is 0.612. The second kappa shape index (κ2) is 6.49. The van der Waals surface area contributed by atoms with Gasteiger partial charge in [-0.15, -0.1) is 0 Å². The van der Waals surface area contributed by atoms with E-state index in [4.69, 9.17) is 0 Å². The molecule has 0 aliphatic heterocycles. The zero-order valence-corrected chi connectivity index (χ0v) is 11.0. The summed E-state index contributed by atoms with van der Waals surface area (Å²) in [5.41, 5.74) is 0.783. The van der Waals surface area contributed by atoms with Crippen molar-refractivity contribution in [1.29, 1.82) is 0 Å². The molecule has 1 aromatic rings. The van der Waals surface area contributed by atoms with Gasteiger partial charge in [0.15, 0.2) is 0 Å². The maximum atomic E-state index is 11.6. The Morgan fingerprint density at radius 2 is 1.58 bits per heavy atom. The highest BCUT2D eigenvalue weighted by molar-refractivity contribution is 6.05. The van der Waals surface area contributed by atoms with Crippen LogP contribution in [0.3, 0.4) is 0 Å². The first-order valence-electron chi connectivity index (χ1n) is 5.63. The monoisotopic (exact) mass is 261 g/mol. The second-order valence-corrected chi connectivity index (χ2v) is 3.79. The lowest BCUT2D eigenvalue weighted by molar-refractivity contribution is -0.137. The van der Waals surface area contributed by atoms with Crippen LogP contribution in [0.25, 0.3) is 5.70 Å². The smallest absolute Gasteiger partial charge is 0.332 e. The Labute approximate surface area is 111 Å². The number of rotatable bonds is 3. The van der Waals surface area contributed by atoms with Gasteiger partial charge in [0.05, 0.1) is 12.8 Å². The van der Waals surface area contributed by atoms with Crippen molar-refractivity contribution in [3.63, 3.8) is 0 Å². The van der Waals surface area contributed by atoms with Crippen LogP contribution in [-0.2, 0) is 19.1 Å². The number of amides is 2. The molecule has 0 unspecified atom stereocenters. The van der Waals surface area contributed by atoms with Gasteiger partial charge in [0, 0.05) is 19.9 Å². The SMILES string of the molecule is COC(=O)/C=C(/c1ccccc1)N(C(C)=O)C(C)=O. The van der Waals surface area contributed by atoms with Gasteiger partial charge in [0.1, 0.15) is 0 Å². The van der Waals surface area contributed by atoms with E-state index in [-0.39, 0.29) is 5.70 Å². The molecule has 0 saturated carbocycles. The summed E-state index contributed by atoms with van der Waals surface area (Å²) in [7, 11) is 1.23. The molecule has 1 rings (SSSR count). The van der Waals surface area contributed by atoms with E-state index in [1.165, 1.54) is 21.0 Å². The van der Waals surface area contributed by atoms with E-state index >= 15 is 0 Å². The molecule has 2 amide bonds. The molecule has 0 N–H and O–H groups in total. The zero-order chi connectivity index (χ0) is 14.4. The first-order valence-corrected chi connectivity index (χ1v) is 5.63. The Bertz CT molecular complexity index is 506. The van der Waals surface area contributed by atoms with Gasteiger partial charge in [-0.05, 0) is 5.56 Å². The Morgan fingerprint density at radius 3 is 2.00 bits per heavy atom. The summed E-state index contributed by atoms with van der Waals surface area (Å²) in [5, 5.41) is 0. The molecule has 1 aromatic carbocycles. The molecule has 0 aliphatic rings. The molecular formula is C14H15NO4. The summed E-state index contributed by atoms with van der Waals surface area (Å²) in [5.74, 6) is -1.57. The van der Waals surface area contributed by atoms with Crippen LogP contribution in [0.5, 0.6) is 0 Å². The molecule has 0 bridgehead atoms. The summed E-state index contributed by atoms with van der Waals surface area (Å²) in [6.07, 6.45) is 1.12. The number of benzene rings is 1. The zero-order valence-electron chi connectivity index (χ0n) is 11.0. The molecule has 0 atom stereocenters. The average Bonchev–Trinajstić information content (AvgIpc) is 2.37. The normalized spacial score (nSPS) is 10.8. The van der Waals surface area contributed by atoms with Gasteiger partial charge in [-0.3, -0.25) is 14.5 Å². The molecule has 0 spiro atoms. The Kier molecular flexibility index (Phi) is 5.00. The van der Waals surface area contributed by atoms with E-state index < -0.39 is 17.8 Å². The minimum Gasteiger partial charge on any atom is -0.466 e. The van der Waals surface area contributed by atoms with Crippen LogP contribution in [0.4, 0.5) is 0 Å². The summed E-state index contributed by atoms with van der Waals surface area (Å²) in [6, 6.07) is 8.70. The minimum atomic E-state index is -0.633. The molecule has 0 fully saturated rings. The third kappa shape index (κ3) is 3.77. The highest BCUT2D eigenvalue weighted by Gasteiger charge is 2.21. The lowest BCUT2D eigenvalue weighted by Gasteiger charge is -2.20. The van der Waals surface area contributed by atoms with Crippen molar-refractivity contribution in [2.75, 3.05) is 7.11 Å². The van der Waals surface area contributed by atoms with Crippen molar-refractivity contribution in [1.82, 2.24) is 4.90 Å². The van der Waals surface area contributed by atoms with Gasteiger partial charge in [0.25, 0.3) is 0 Å². The van der Waals surface area contributed by atoms with Crippen LogP contribution >= 0.6 is 0 Å². The summed E-state index contributed by atoms with van der Waals surface area (Å²) < 4.78 is 4.55. The van der Waals surface area contributed by atoms with Crippen molar-refractivity contribution in [3.8, 4) is 0 Å². The third-order valence-electron chi connectivity index (χ3n) is 2.40. The maximum absolute atomic E-state index is 11.6. The number of hydrogen-bond donors (Lipinski definition) is 0. The Morgan fingerprint density at radius 1 is 1.05 bits per heavy atom. The van der Waals surface area contributed by atoms with Gasteiger partial charge in [0.2, 0.25) is 11.8 Å².